The number of nitrogens with two attached hydrogens (primary N) is 2. The van der Waals surface area contributed by atoms with E-state index >= 15 is 0 Å². The van der Waals surface area contributed by atoms with E-state index in [1.54, 1.807) is 0 Å². The number of carbonyl (C=O) groups is 1. The molecule has 0 fully saturated rings. The van der Waals surface area contributed by atoms with Crippen molar-refractivity contribution in [3.63, 3.8) is 0 Å². The predicted octanol–water partition coefficient (Wildman–Crippen LogP) is 0.432. The Hall–Kier alpha value is -3.04. The zero-order valence-electron chi connectivity index (χ0n) is 10.4. The van der Waals surface area contributed by atoms with Gasteiger partial charge in [-0.1, -0.05) is 0 Å². The molecule has 108 valence electrons. The van der Waals surface area contributed by atoms with Gasteiger partial charge in [0.25, 0.3) is 5.97 Å². The van der Waals surface area contributed by atoms with Crippen LogP contribution in [-0.2, 0) is 4.79 Å². The second kappa shape index (κ2) is 8.13. The summed E-state index contributed by atoms with van der Waals surface area (Å²) in [5, 5.41) is 24.6. The summed E-state index contributed by atoms with van der Waals surface area (Å²) in [6.45, 7) is 1.08. The molecular weight excluding hydrogens is 273 g/mol. The van der Waals surface area contributed by atoms with Gasteiger partial charge in [-0.15, -0.1) is 5.10 Å². The molecule has 0 aromatic heterocycles. The molecule has 0 aliphatic rings. The number of hydrogen-bond acceptors (Lipinski definition) is 5. The number of hydrogen-bond donors (Lipinski definition) is 3. The average molecular weight is 285 g/mol. The third-order valence-corrected chi connectivity index (χ3v) is 1.55. The minimum atomic E-state index is -0.913. The first-order valence-corrected chi connectivity index (χ1v) is 4.99. The van der Waals surface area contributed by atoms with Crippen LogP contribution in [0, 0.1) is 15.9 Å². The van der Waals surface area contributed by atoms with Crippen molar-refractivity contribution in [2.75, 3.05) is 0 Å². The molecule has 20 heavy (non-hydrogen) atoms. The summed E-state index contributed by atoms with van der Waals surface area (Å²) in [6.07, 6.45) is 1.17. The molecule has 1 aromatic carbocycles. The Morgan fingerprint density at radius 3 is 2.50 bits per heavy atom. The zero-order valence-corrected chi connectivity index (χ0v) is 10.4. The Balaban J connectivity index is 0.000000796. The van der Waals surface area contributed by atoms with Crippen molar-refractivity contribution in [2.45, 2.75) is 6.92 Å². The molecule has 0 saturated carbocycles. The lowest BCUT2D eigenvalue weighted by Gasteiger charge is -1.95. The minimum absolute atomic E-state index is 0.243. The third-order valence-electron chi connectivity index (χ3n) is 1.55. The minimum Gasteiger partial charge on any atom is -0.481 e. The van der Waals surface area contributed by atoms with Crippen LogP contribution in [0.25, 0.3) is 0 Å². The van der Waals surface area contributed by atoms with Crippen LogP contribution in [0.4, 0.5) is 10.1 Å². The standard InChI is InChI=1S/C8H8FN5O2.C2H4O2/c9-6-2-1-5(3-7(6)14(15)16)4-12-13-8(10)11;1-2(3)4/h1-4H,(H4,10,11,13);1H3,(H,3,4)/b12-4+;. The molecule has 0 aliphatic carbocycles. The van der Waals surface area contributed by atoms with E-state index in [-0.39, 0.29) is 5.96 Å². The summed E-state index contributed by atoms with van der Waals surface area (Å²) < 4.78 is 12.9. The van der Waals surface area contributed by atoms with E-state index in [1.807, 2.05) is 0 Å². The number of nitro benzene ring substituents is 1. The largest absolute Gasteiger partial charge is 0.481 e. The van der Waals surface area contributed by atoms with E-state index in [9.17, 15) is 14.5 Å². The summed E-state index contributed by atoms with van der Waals surface area (Å²) in [4.78, 5) is 18.6. The molecule has 0 heterocycles. The first-order chi connectivity index (χ1) is 9.23. The molecule has 0 saturated heterocycles. The summed E-state index contributed by atoms with van der Waals surface area (Å²) >= 11 is 0. The van der Waals surface area contributed by atoms with Crippen LogP contribution >= 0.6 is 0 Å². The zero-order chi connectivity index (χ0) is 15.7. The van der Waals surface area contributed by atoms with Gasteiger partial charge in [0.2, 0.25) is 11.8 Å². The van der Waals surface area contributed by atoms with E-state index in [2.05, 4.69) is 10.2 Å². The van der Waals surface area contributed by atoms with Crippen molar-refractivity contribution in [3.8, 4) is 0 Å². The number of aliphatic carboxylic acids is 1. The van der Waals surface area contributed by atoms with Gasteiger partial charge in [-0.2, -0.15) is 9.49 Å². The first kappa shape index (κ1) is 17.0. The van der Waals surface area contributed by atoms with Gasteiger partial charge in [0, 0.05) is 18.6 Å². The molecule has 5 N–H and O–H groups in total. The van der Waals surface area contributed by atoms with Crippen LogP contribution in [-0.4, -0.2) is 28.2 Å². The van der Waals surface area contributed by atoms with Crippen molar-refractivity contribution in [2.24, 2.45) is 21.7 Å². The van der Waals surface area contributed by atoms with Gasteiger partial charge < -0.3 is 16.6 Å². The van der Waals surface area contributed by atoms with Gasteiger partial charge in [0.15, 0.2) is 0 Å². The predicted molar refractivity (Wildman–Crippen MR) is 69.8 cm³/mol. The van der Waals surface area contributed by atoms with Gasteiger partial charge in [0.1, 0.15) is 0 Å². The molecule has 0 atom stereocenters. The number of rotatable bonds is 3. The summed E-state index contributed by atoms with van der Waals surface area (Å²) in [5.41, 5.74) is 9.70. The lowest BCUT2D eigenvalue weighted by molar-refractivity contribution is -0.387. The molecule has 0 amide bonds. The Kier molecular flexibility index (Phi) is 6.89. The quantitative estimate of drug-likeness (QED) is 0.316. The lowest BCUT2D eigenvalue weighted by atomic mass is 10.2. The van der Waals surface area contributed by atoms with Gasteiger partial charge in [0.05, 0.1) is 11.1 Å². The molecule has 0 unspecified atom stereocenters. The number of carboxylic acids is 1. The maximum Gasteiger partial charge on any atom is 0.305 e. The second-order valence-electron chi connectivity index (χ2n) is 3.26. The molecule has 10 heteroatoms. The van der Waals surface area contributed by atoms with Crippen molar-refractivity contribution in [1.29, 1.82) is 0 Å². The maximum absolute atomic E-state index is 12.9. The lowest BCUT2D eigenvalue weighted by Crippen LogP contribution is -2.21. The molecule has 1 rings (SSSR count). The molecule has 0 aliphatic heterocycles. The summed E-state index contributed by atoms with van der Waals surface area (Å²) in [5.74, 6) is -1.99. The monoisotopic (exact) mass is 285 g/mol. The Labute approximate surface area is 112 Å². The highest BCUT2D eigenvalue weighted by Crippen LogP contribution is 2.17. The summed E-state index contributed by atoms with van der Waals surface area (Å²) in [6, 6.07) is 3.31. The molecule has 0 spiro atoms. The van der Waals surface area contributed by atoms with E-state index < -0.39 is 22.4 Å². The Bertz CT molecular complexity index is 551. The van der Waals surface area contributed by atoms with E-state index in [0.29, 0.717) is 5.56 Å². The fourth-order valence-corrected chi connectivity index (χ4v) is 0.912. The summed E-state index contributed by atoms with van der Waals surface area (Å²) in [7, 11) is 0. The first-order valence-electron chi connectivity index (χ1n) is 4.99. The fourth-order valence-electron chi connectivity index (χ4n) is 0.912. The van der Waals surface area contributed by atoms with Gasteiger partial charge in [-0.25, -0.2) is 0 Å². The van der Waals surface area contributed by atoms with Gasteiger partial charge in [-0.3, -0.25) is 14.9 Å². The molecule has 1 aromatic rings. The topological polar surface area (TPSA) is 157 Å². The van der Waals surface area contributed by atoms with Crippen LogP contribution in [0.5, 0.6) is 0 Å². The van der Waals surface area contributed by atoms with E-state index in [4.69, 9.17) is 21.4 Å². The maximum atomic E-state index is 12.9. The number of nitro groups is 1. The SMILES string of the molecule is CC(=O)O.NC(N)=N/N=C/c1ccc(F)c([N+](=O)[O-])c1. The van der Waals surface area contributed by atoms with Crippen LogP contribution in [0.1, 0.15) is 12.5 Å². The van der Waals surface area contributed by atoms with Crippen molar-refractivity contribution >= 4 is 23.8 Å². The van der Waals surface area contributed by atoms with Crippen molar-refractivity contribution in [1.82, 2.24) is 0 Å². The Morgan fingerprint density at radius 1 is 1.50 bits per heavy atom. The molecule has 0 radical (unpaired) electrons. The highest BCUT2D eigenvalue weighted by Gasteiger charge is 2.13. The number of guanidine groups is 1. The molecule has 0 bridgehead atoms. The Morgan fingerprint density at radius 2 is 2.05 bits per heavy atom. The third kappa shape index (κ3) is 7.32. The van der Waals surface area contributed by atoms with Crippen LogP contribution in [0.3, 0.4) is 0 Å². The number of nitrogens with zero attached hydrogens (tertiary/aromatic N) is 3. The van der Waals surface area contributed by atoms with Crippen LogP contribution in [0.15, 0.2) is 28.4 Å². The number of halogens is 1. The number of carboxylic acid groups (broad SMARTS) is 1. The van der Waals surface area contributed by atoms with Crippen LogP contribution < -0.4 is 11.5 Å². The molecule has 9 nitrogen and oxygen atoms in total. The van der Waals surface area contributed by atoms with E-state index in [0.717, 1.165) is 19.1 Å². The average Bonchev–Trinajstić information content (AvgIpc) is 2.29. The van der Waals surface area contributed by atoms with E-state index in [1.165, 1.54) is 12.3 Å². The van der Waals surface area contributed by atoms with Gasteiger partial charge in [-0.05, 0) is 12.1 Å². The van der Waals surface area contributed by atoms with Crippen molar-refractivity contribution in [3.05, 3.63) is 39.7 Å². The molecular formula is C10H12FN5O4. The fraction of sp³-hybridized carbons (Fsp3) is 0.100. The van der Waals surface area contributed by atoms with Crippen molar-refractivity contribution < 1.29 is 19.2 Å². The normalized spacial score (nSPS) is 9.50. The number of benzene rings is 1. The highest BCUT2D eigenvalue weighted by molar-refractivity contribution is 5.82. The van der Waals surface area contributed by atoms with Crippen LogP contribution in [0.2, 0.25) is 0 Å². The second-order valence-corrected chi connectivity index (χ2v) is 3.26. The smallest absolute Gasteiger partial charge is 0.305 e. The highest BCUT2D eigenvalue weighted by atomic mass is 19.1. The van der Waals surface area contributed by atoms with Gasteiger partial charge >= 0.3 is 5.69 Å².